The molecule has 0 aliphatic rings. The Morgan fingerprint density at radius 1 is 1.53 bits per heavy atom. The highest BCUT2D eigenvalue weighted by molar-refractivity contribution is 7.10. The molecule has 4 nitrogen and oxygen atoms in total. The minimum atomic E-state index is -0.195. The molecule has 3 N–H and O–H groups in total. The van der Waals surface area contributed by atoms with Crippen molar-refractivity contribution >= 4 is 17.3 Å². The molecule has 2 unspecified atom stereocenters. The molecule has 0 spiro atoms. The third-order valence-corrected chi connectivity index (χ3v) is 4.34. The summed E-state index contributed by atoms with van der Waals surface area (Å²) in [5, 5.41) is 5.47. The average molecular weight is 284 g/mol. The molecule has 5 heteroatoms. The lowest BCUT2D eigenvalue weighted by Crippen LogP contribution is -2.34. The van der Waals surface area contributed by atoms with Gasteiger partial charge in [0.1, 0.15) is 0 Å². The highest BCUT2D eigenvalue weighted by Crippen LogP contribution is 2.23. The van der Waals surface area contributed by atoms with E-state index in [1.807, 2.05) is 17.5 Å². The Balaban J connectivity index is 2.62. The van der Waals surface area contributed by atoms with Crippen LogP contribution in [0.5, 0.6) is 0 Å². The summed E-state index contributed by atoms with van der Waals surface area (Å²) in [5.41, 5.74) is 5.78. The fraction of sp³-hybridized carbons (Fsp3) is 0.643. The third-order valence-electron chi connectivity index (χ3n) is 3.36. The number of carbonyl (C=O) groups is 1. The van der Waals surface area contributed by atoms with Crippen molar-refractivity contribution in [2.45, 2.75) is 26.3 Å². The normalized spacial score (nSPS) is 14.4. The van der Waals surface area contributed by atoms with Gasteiger partial charge in [-0.25, -0.2) is 0 Å². The van der Waals surface area contributed by atoms with Crippen LogP contribution < -0.4 is 11.1 Å². The summed E-state index contributed by atoms with van der Waals surface area (Å²) in [6.45, 7) is 5.80. The van der Waals surface area contributed by atoms with E-state index >= 15 is 0 Å². The second-order valence-electron chi connectivity index (χ2n) is 5.00. The molecule has 2 atom stereocenters. The predicted octanol–water partition coefficient (Wildman–Crippen LogP) is 2.17. The van der Waals surface area contributed by atoms with Gasteiger partial charge in [0.05, 0.1) is 19.6 Å². The zero-order valence-electron chi connectivity index (χ0n) is 11.9. The molecule has 0 aliphatic heterocycles. The van der Waals surface area contributed by atoms with Crippen molar-refractivity contribution < 1.29 is 9.53 Å². The Labute approximate surface area is 119 Å². The number of methoxy groups -OCH3 is 1. The topological polar surface area (TPSA) is 64.3 Å². The van der Waals surface area contributed by atoms with Gasteiger partial charge in [-0.3, -0.25) is 4.79 Å². The lowest BCUT2D eigenvalue weighted by molar-refractivity contribution is -0.141. The molecule has 1 aromatic rings. The maximum Gasteiger partial charge on any atom is 0.307 e. The van der Waals surface area contributed by atoms with E-state index in [4.69, 9.17) is 10.5 Å². The standard InChI is InChI=1S/C14H24N2O2S/c1-10(2)11(8-15)9-16-12(7-14(17)18-3)13-5-4-6-19-13/h4-6,10-12,16H,7-9,15H2,1-3H3. The summed E-state index contributed by atoms with van der Waals surface area (Å²) in [7, 11) is 1.42. The fourth-order valence-corrected chi connectivity index (χ4v) is 2.70. The summed E-state index contributed by atoms with van der Waals surface area (Å²) in [4.78, 5) is 12.6. The van der Waals surface area contributed by atoms with Crippen molar-refractivity contribution in [2.24, 2.45) is 17.6 Å². The Bertz CT molecular complexity index is 366. The van der Waals surface area contributed by atoms with E-state index in [0.29, 0.717) is 24.8 Å². The van der Waals surface area contributed by atoms with Crippen molar-refractivity contribution in [1.29, 1.82) is 0 Å². The van der Waals surface area contributed by atoms with Crippen LogP contribution in [-0.4, -0.2) is 26.2 Å². The Morgan fingerprint density at radius 2 is 2.26 bits per heavy atom. The number of hydrogen-bond acceptors (Lipinski definition) is 5. The van der Waals surface area contributed by atoms with Gasteiger partial charge >= 0.3 is 5.97 Å². The largest absolute Gasteiger partial charge is 0.469 e. The average Bonchev–Trinajstić information content (AvgIpc) is 2.91. The molecule has 0 radical (unpaired) electrons. The molecule has 0 aromatic carbocycles. The smallest absolute Gasteiger partial charge is 0.307 e. The lowest BCUT2D eigenvalue weighted by atomic mass is 9.95. The van der Waals surface area contributed by atoms with Crippen LogP contribution in [0.4, 0.5) is 0 Å². The summed E-state index contributed by atoms with van der Waals surface area (Å²) in [6, 6.07) is 4.05. The number of ether oxygens (including phenoxy) is 1. The lowest BCUT2D eigenvalue weighted by Gasteiger charge is -2.23. The van der Waals surface area contributed by atoms with E-state index in [1.165, 1.54) is 7.11 Å². The number of carbonyl (C=O) groups excluding carboxylic acids is 1. The van der Waals surface area contributed by atoms with Crippen molar-refractivity contribution in [3.05, 3.63) is 22.4 Å². The van der Waals surface area contributed by atoms with E-state index in [0.717, 1.165) is 11.4 Å². The molecule has 0 saturated heterocycles. The van der Waals surface area contributed by atoms with Gasteiger partial charge in [0.25, 0.3) is 0 Å². The molecule has 1 heterocycles. The van der Waals surface area contributed by atoms with Gasteiger partial charge in [0.2, 0.25) is 0 Å². The van der Waals surface area contributed by atoms with Crippen LogP contribution in [0.15, 0.2) is 17.5 Å². The Morgan fingerprint density at radius 3 is 2.74 bits per heavy atom. The fourth-order valence-electron chi connectivity index (χ4n) is 1.90. The zero-order chi connectivity index (χ0) is 14.3. The second-order valence-corrected chi connectivity index (χ2v) is 5.98. The molecule has 1 rings (SSSR count). The predicted molar refractivity (Wildman–Crippen MR) is 79.1 cm³/mol. The maximum absolute atomic E-state index is 11.5. The van der Waals surface area contributed by atoms with Gasteiger partial charge in [-0.05, 0) is 29.8 Å². The van der Waals surface area contributed by atoms with Crippen LogP contribution in [-0.2, 0) is 9.53 Å². The van der Waals surface area contributed by atoms with Gasteiger partial charge in [-0.1, -0.05) is 19.9 Å². The van der Waals surface area contributed by atoms with E-state index in [2.05, 4.69) is 19.2 Å². The minimum Gasteiger partial charge on any atom is -0.469 e. The first-order valence-corrected chi connectivity index (χ1v) is 7.50. The van der Waals surface area contributed by atoms with Gasteiger partial charge in [-0.2, -0.15) is 0 Å². The van der Waals surface area contributed by atoms with Gasteiger partial charge in [-0.15, -0.1) is 11.3 Å². The molecule has 0 amide bonds. The number of thiophene rings is 1. The number of nitrogens with two attached hydrogens (primary N) is 1. The molecule has 0 bridgehead atoms. The number of rotatable bonds is 8. The van der Waals surface area contributed by atoms with Crippen LogP contribution in [0.1, 0.15) is 31.2 Å². The third kappa shape index (κ3) is 5.30. The van der Waals surface area contributed by atoms with Crippen molar-refractivity contribution in [3.63, 3.8) is 0 Å². The molecule has 19 heavy (non-hydrogen) atoms. The van der Waals surface area contributed by atoms with Crippen LogP contribution >= 0.6 is 11.3 Å². The molecule has 1 aromatic heterocycles. The SMILES string of the molecule is COC(=O)CC(NCC(CN)C(C)C)c1cccs1. The van der Waals surface area contributed by atoms with E-state index < -0.39 is 0 Å². The Hall–Kier alpha value is -0.910. The van der Waals surface area contributed by atoms with Gasteiger partial charge in [0.15, 0.2) is 0 Å². The van der Waals surface area contributed by atoms with Crippen LogP contribution in [0.25, 0.3) is 0 Å². The van der Waals surface area contributed by atoms with Crippen LogP contribution in [0.3, 0.4) is 0 Å². The van der Waals surface area contributed by atoms with Gasteiger partial charge < -0.3 is 15.8 Å². The molecule has 108 valence electrons. The first-order valence-electron chi connectivity index (χ1n) is 6.62. The zero-order valence-corrected chi connectivity index (χ0v) is 12.7. The monoisotopic (exact) mass is 284 g/mol. The number of esters is 1. The van der Waals surface area contributed by atoms with Crippen molar-refractivity contribution in [2.75, 3.05) is 20.2 Å². The Kier molecular flexibility index (Phi) is 7.05. The second kappa shape index (κ2) is 8.30. The first-order chi connectivity index (χ1) is 9.08. The highest BCUT2D eigenvalue weighted by Gasteiger charge is 2.19. The maximum atomic E-state index is 11.5. The molecular formula is C14H24N2O2S. The number of nitrogens with one attached hydrogen (secondary N) is 1. The molecular weight excluding hydrogens is 260 g/mol. The highest BCUT2D eigenvalue weighted by atomic mass is 32.1. The minimum absolute atomic E-state index is 0.0141. The van der Waals surface area contributed by atoms with Crippen molar-refractivity contribution in [3.8, 4) is 0 Å². The van der Waals surface area contributed by atoms with E-state index in [-0.39, 0.29) is 12.0 Å². The molecule has 0 saturated carbocycles. The number of hydrogen-bond donors (Lipinski definition) is 2. The van der Waals surface area contributed by atoms with Crippen LogP contribution in [0, 0.1) is 11.8 Å². The van der Waals surface area contributed by atoms with E-state index in [1.54, 1.807) is 11.3 Å². The van der Waals surface area contributed by atoms with Gasteiger partial charge in [0, 0.05) is 11.4 Å². The molecule has 0 aliphatic carbocycles. The first kappa shape index (κ1) is 16.1. The van der Waals surface area contributed by atoms with E-state index in [9.17, 15) is 4.79 Å². The van der Waals surface area contributed by atoms with Crippen LogP contribution in [0.2, 0.25) is 0 Å². The summed E-state index contributed by atoms with van der Waals surface area (Å²) < 4.78 is 4.76. The van der Waals surface area contributed by atoms with Crippen molar-refractivity contribution in [1.82, 2.24) is 5.32 Å². The summed E-state index contributed by atoms with van der Waals surface area (Å²) in [6.07, 6.45) is 0.354. The summed E-state index contributed by atoms with van der Waals surface area (Å²) >= 11 is 1.65. The summed E-state index contributed by atoms with van der Waals surface area (Å²) in [5.74, 6) is 0.750. The molecule has 0 fully saturated rings. The quantitative estimate of drug-likeness (QED) is 0.718.